The summed E-state index contributed by atoms with van der Waals surface area (Å²) in [5.41, 5.74) is 2.60. The van der Waals surface area contributed by atoms with Crippen molar-refractivity contribution in [2.45, 2.75) is 39.0 Å². The second-order valence-corrected chi connectivity index (χ2v) is 7.47. The van der Waals surface area contributed by atoms with Gasteiger partial charge in [-0.15, -0.1) is 0 Å². The maximum Gasteiger partial charge on any atom is 0.422 e. The molecule has 6 nitrogen and oxygen atoms in total. The number of hydrogen-bond donors (Lipinski definition) is 0. The summed E-state index contributed by atoms with van der Waals surface area (Å²) in [5.74, 6) is 0.547. The number of alkyl halides is 3. The Balaban J connectivity index is 1.50. The Morgan fingerprint density at radius 2 is 2.00 bits per heavy atom. The normalized spacial score (nSPS) is 16.4. The highest BCUT2D eigenvalue weighted by atomic mass is 19.4. The van der Waals surface area contributed by atoms with Gasteiger partial charge in [-0.2, -0.15) is 13.2 Å². The van der Waals surface area contributed by atoms with E-state index >= 15 is 0 Å². The molecule has 0 saturated carbocycles. The van der Waals surface area contributed by atoms with E-state index in [1.807, 2.05) is 0 Å². The van der Waals surface area contributed by atoms with Crippen LogP contribution in [0.15, 0.2) is 30.5 Å². The van der Waals surface area contributed by atoms with Crippen LogP contribution in [-0.4, -0.2) is 41.0 Å². The first-order chi connectivity index (χ1) is 14.2. The molecule has 9 heteroatoms. The number of carbonyl (C=O) groups excluding carboxylic acids is 2. The SMILES string of the molecule is Cc1cc(CN2Cc3c(ccnc3N3CCCC3=O)C2=O)ccc1OCC(F)(F)F. The van der Waals surface area contributed by atoms with E-state index in [0.29, 0.717) is 43.0 Å². The Kier molecular flexibility index (Phi) is 5.13. The molecular formula is C21H20F3N3O3. The van der Waals surface area contributed by atoms with Gasteiger partial charge in [0, 0.05) is 36.8 Å². The predicted octanol–water partition coefficient (Wildman–Crippen LogP) is 3.61. The fourth-order valence-electron chi connectivity index (χ4n) is 3.85. The lowest BCUT2D eigenvalue weighted by Crippen LogP contribution is -2.26. The van der Waals surface area contributed by atoms with E-state index in [1.165, 1.54) is 12.3 Å². The number of pyridine rings is 1. The Morgan fingerprint density at radius 1 is 1.20 bits per heavy atom. The summed E-state index contributed by atoms with van der Waals surface area (Å²) in [6.45, 7) is 1.53. The summed E-state index contributed by atoms with van der Waals surface area (Å²) in [5, 5.41) is 0. The van der Waals surface area contributed by atoms with E-state index in [-0.39, 0.29) is 17.6 Å². The fourth-order valence-corrected chi connectivity index (χ4v) is 3.85. The van der Waals surface area contributed by atoms with Crippen molar-refractivity contribution in [3.05, 3.63) is 52.7 Å². The van der Waals surface area contributed by atoms with E-state index in [1.54, 1.807) is 34.9 Å². The molecule has 0 N–H and O–H groups in total. The number of amides is 2. The Hall–Kier alpha value is -3.10. The van der Waals surface area contributed by atoms with Crippen LogP contribution in [0, 0.1) is 6.92 Å². The highest BCUT2D eigenvalue weighted by Gasteiger charge is 2.34. The van der Waals surface area contributed by atoms with Crippen molar-refractivity contribution in [2.75, 3.05) is 18.1 Å². The van der Waals surface area contributed by atoms with Gasteiger partial charge in [-0.3, -0.25) is 14.5 Å². The molecule has 158 valence electrons. The van der Waals surface area contributed by atoms with E-state index in [0.717, 1.165) is 17.5 Å². The average Bonchev–Trinajstić information content (AvgIpc) is 3.24. The topological polar surface area (TPSA) is 62.7 Å². The van der Waals surface area contributed by atoms with Crippen molar-refractivity contribution in [1.82, 2.24) is 9.88 Å². The molecule has 2 aliphatic rings. The van der Waals surface area contributed by atoms with Gasteiger partial charge >= 0.3 is 6.18 Å². The molecule has 0 bridgehead atoms. The largest absolute Gasteiger partial charge is 0.484 e. The number of aromatic nitrogens is 1. The number of fused-ring (bicyclic) bond motifs is 1. The minimum Gasteiger partial charge on any atom is -0.484 e. The molecule has 0 aliphatic carbocycles. The molecule has 0 atom stereocenters. The van der Waals surface area contributed by atoms with Crippen LogP contribution in [0.3, 0.4) is 0 Å². The summed E-state index contributed by atoms with van der Waals surface area (Å²) in [6.07, 6.45) is -1.62. The van der Waals surface area contributed by atoms with Gasteiger partial charge in [0.2, 0.25) is 5.91 Å². The van der Waals surface area contributed by atoms with Crippen LogP contribution in [0.1, 0.15) is 39.9 Å². The van der Waals surface area contributed by atoms with E-state index < -0.39 is 12.8 Å². The zero-order valence-electron chi connectivity index (χ0n) is 16.3. The summed E-state index contributed by atoms with van der Waals surface area (Å²) in [4.78, 5) is 32.6. The third-order valence-electron chi connectivity index (χ3n) is 5.23. The zero-order chi connectivity index (χ0) is 21.5. The molecule has 4 rings (SSSR count). The maximum absolute atomic E-state index is 12.9. The number of aryl methyl sites for hydroxylation is 1. The molecule has 1 fully saturated rings. The molecule has 2 aliphatic heterocycles. The number of benzene rings is 1. The summed E-state index contributed by atoms with van der Waals surface area (Å²) in [6, 6.07) is 6.50. The molecular weight excluding hydrogens is 399 g/mol. The van der Waals surface area contributed by atoms with Crippen LogP contribution in [0.25, 0.3) is 0 Å². The summed E-state index contributed by atoms with van der Waals surface area (Å²) in [7, 11) is 0. The Labute approximate surface area is 171 Å². The van der Waals surface area contributed by atoms with Crippen molar-refractivity contribution < 1.29 is 27.5 Å². The fraction of sp³-hybridized carbons (Fsp3) is 0.381. The number of carbonyl (C=O) groups is 2. The molecule has 1 aromatic carbocycles. The minimum absolute atomic E-state index is 0.00636. The van der Waals surface area contributed by atoms with Gasteiger partial charge in [-0.25, -0.2) is 4.98 Å². The van der Waals surface area contributed by atoms with Gasteiger partial charge in [0.05, 0.1) is 6.54 Å². The molecule has 1 saturated heterocycles. The molecule has 0 unspecified atom stereocenters. The summed E-state index contributed by atoms with van der Waals surface area (Å²) >= 11 is 0. The molecule has 3 heterocycles. The second-order valence-electron chi connectivity index (χ2n) is 7.47. The lowest BCUT2D eigenvalue weighted by atomic mass is 10.1. The quantitative estimate of drug-likeness (QED) is 0.743. The molecule has 0 radical (unpaired) electrons. The lowest BCUT2D eigenvalue weighted by molar-refractivity contribution is -0.153. The molecule has 0 spiro atoms. The highest BCUT2D eigenvalue weighted by Crippen LogP contribution is 2.33. The zero-order valence-corrected chi connectivity index (χ0v) is 16.3. The van der Waals surface area contributed by atoms with Crippen LogP contribution in [-0.2, 0) is 17.9 Å². The van der Waals surface area contributed by atoms with Crippen LogP contribution >= 0.6 is 0 Å². The third kappa shape index (κ3) is 3.96. The monoisotopic (exact) mass is 419 g/mol. The van der Waals surface area contributed by atoms with Gasteiger partial charge < -0.3 is 9.64 Å². The van der Waals surface area contributed by atoms with Crippen molar-refractivity contribution in [1.29, 1.82) is 0 Å². The van der Waals surface area contributed by atoms with E-state index in [2.05, 4.69) is 4.98 Å². The number of nitrogens with zero attached hydrogens (tertiary/aromatic N) is 3. The number of halogens is 3. The molecule has 30 heavy (non-hydrogen) atoms. The first-order valence-corrected chi connectivity index (χ1v) is 9.59. The van der Waals surface area contributed by atoms with Crippen molar-refractivity contribution in [2.24, 2.45) is 0 Å². The smallest absolute Gasteiger partial charge is 0.422 e. The molecule has 2 aromatic rings. The lowest BCUT2D eigenvalue weighted by Gasteiger charge is -2.19. The van der Waals surface area contributed by atoms with Gasteiger partial charge in [0.1, 0.15) is 11.6 Å². The van der Waals surface area contributed by atoms with Crippen LogP contribution < -0.4 is 9.64 Å². The standard InChI is InChI=1S/C21H20F3N3O3/c1-13-9-14(4-5-17(13)30-12-21(22,23)24)10-26-11-16-15(20(26)29)6-7-25-19(16)27-8-2-3-18(27)28/h4-7,9H,2-3,8,10-12H2,1H3. The third-order valence-corrected chi connectivity index (χ3v) is 5.23. The van der Waals surface area contributed by atoms with Crippen LogP contribution in [0.5, 0.6) is 5.75 Å². The first kappa shape index (κ1) is 20.2. The second kappa shape index (κ2) is 7.62. The number of ether oxygens (including phenoxy) is 1. The van der Waals surface area contributed by atoms with Crippen LogP contribution in [0.4, 0.5) is 19.0 Å². The van der Waals surface area contributed by atoms with Gasteiger partial charge in [0.15, 0.2) is 6.61 Å². The van der Waals surface area contributed by atoms with Crippen molar-refractivity contribution in [3.63, 3.8) is 0 Å². The van der Waals surface area contributed by atoms with Gasteiger partial charge in [0.25, 0.3) is 5.91 Å². The average molecular weight is 419 g/mol. The highest BCUT2D eigenvalue weighted by molar-refractivity contribution is 6.02. The Morgan fingerprint density at radius 3 is 2.67 bits per heavy atom. The van der Waals surface area contributed by atoms with Crippen molar-refractivity contribution >= 4 is 17.6 Å². The van der Waals surface area contributed by atoms with Gasteiger partial charge in [-0.1, -0.05) is 12.1 Å². The van der Waals surface area contributed by atoms with Crippen molar-refractivity contribution in [3.8, 4) is 5.75 Å². The Bertz CT molecular complexity index is 1010. The minimum atomic E-state index is -4.40. The predicted molar refractivity (Wildman–Crippen MR) is 102 cm³/mol. The summed E-state index contributed by atoms with van der Waals surface area (Å²) < 4.78 is 41.9. The number of hydrogen-bond acceptors (Lipinski definition) is 4. The van der Waals surface area contributed by atoms with Crippen LogP contribution in [0.2, 0.25) is 0 Å². The number of anilines is 1. The van der Waals surface area contributed by atoms with E-state index in [9.17, 15) is 22.8 Å². The molecule has 1 aromatic heterocycles. The maximum atomic E-state index is 12.9. The van der Waals surface area contributed by atoms with Gasteiger partial charge in [-0.05, 0) is 36.6 Å². The number of rotatable bonds is 5. The first-order valence-electron chi connectivity index (χ1n) is 9.59. The molecule has 2 amide bonds. The van der Waals surface area contributed by atoms with E-state index in [4.69, 9.17) is 4.74 Å².